The van der Waals surface area contributed by atoms with Crippen LogP contribution in [0.25, 0.3) is 0 Å². The number of benzene rings is 3. The molecule has 0 bridgehead atoms. The lowest BCUT2D eigenvalue weighted by molar-refractivity contribution is 0.598. The Bertz CT molecular complexity index is 1240. The van der Waals surface area contributed by atoms with E-state index in [0.717, 1.165) is 29.8 Å². The minimum Gasteiger partial charge on any atom is -0.280 e. The predicted octanol–water partition coefficient (Wildman–Crippen LogP) is 4.39. The lowest BCUT2D eigenvalue weighted by atomic mass is 10.2. The molecular weight excluding hydrogens is 439 g/mol. The normalized spacial score (nSPS) is 11.8. The molecule has 0 aliphatic carbocycles. The third-order valence-corrected chi connectivity index (χ3v) is 7.15. The van der Waals surface area contributed by atoms with Gasteiger partial charge in [0, 0.05) is 11.4 Å². The molecule has 152 valence electrons. The van der Waals surface area contributed by atoms with Crippen molar-refractivity contribution in [2.75, 3.05) is 9.44 Å². The minimum absolute atomic E-state index is 0.0640. The Balaban J connectivity index is 1.77. The van der Waals surface area contributed by atoms with Gasteiger partial charge in [-0.25, -0.2) is 21.2 Å². The fourth-order valence-corrected chi connectivity index (χ4v) is 5.19. The van der Waals surface area contributed by atoms with Crippen LogP contribution in [0.3, 0.4) is 0 Å². The number of nitrogens with one attached hydrogen (secondary N) is 2. The Kier molecular flexibility index (Phi) is 5.83. The molecule has 0 saturated heterocycles. The number of aryl methyl sites for hydroxylation is 1. The van der Waals surface area contributed by atoms with Crippen LogP contribution >= 0.6 is 11.6 Å². The van der Waals surface area contributed by atoms with Gasteiger partial charge in [-0.2, -0.15) is 0 Å². The van der Waals surface area contributed by atoms with Crippen LogP contribution in [-0.4, -0.2) is 16.8 Å². The number of hydrogen-bond acceptors (Lipinski definition) is 4. The Morgan fingerprint density at radius 3 is 1.79 bits per heavy atom. The van der Waals surface area contributed by atoms with E-state index in [2.05, 4.69) is 9.44 Å². The highest BCUT2D eigenvalue weighted by Gasteiger charge is 2.18. The molecule has 0 fully saturated rings. The summed E-state index contributed by atoms with van der Waals surface area (Å²) in [5.74, 6) is -0.547. The van der Waals surface area contributed by atoms with Crippen molar-refractivity contribution in [3.05, 3.63) is 83.1 Å². The highest BCUT2D eigenvalue weighted by molar-refractivity contribution is 7.93. The molecule has 0 aliphatic rings. The van der Waals surface area contributed by atoms with Gasteiger partial charge in [0.15, 0.2) is 0 Å². The summed E-state index contributed by atoms with van der Waals surface area (Å²) < 4.78 is 67.4. The monoisotopic (exact) mass is 454 g/mol. The van der Waals surface area contributed by atoms with Crippen LogP contribution in [0.5, 0.6) is 0 Å². The van der Waals surface area contributed by atoms with Gasteiger partial charge in [-0.1, -0.05) is 17.7 Å². The topological polar surface area (TPSA) is 92.3 Å². The smallest absolute Gasteiger partial charge is 0.263 e. The van der Waals surface area contributed by atoms with Crippen LogP contribution in [-0.2, 0) is 20.0 Å². The van der Waals surface area contributed by atoms with E-state index in [9.17, 15) is 21.2 Å². The largest absolute Gasteiger partial charge is 0.280 e. The van der Waals surface area contributed by atoms with E-state index in [0.29, 0.717) is 0 Å². The van der Waals surface area contributed by atoms with E-state index in [1.54, 1.807) is 19.1 Å². The molecule has 3 aromatic rings. The molecule has 10 heteroatoms. The molecule has 0 atom stereocenters. The first-order valence-corrected chi connectivity index (χ1v) is 11.6. The van der Waals surface area contributed by atoms with E-state index in [1.807, 2.05) is 0 Å². The summed E-state index contributed by atoms with van der Waals surface area (Å²) in [6.07, 6.45) is 0. The summed E-state index contributed by atoms with van der Waals surface area (Å²) in [5, 5.41) is 0.0983. The zero-order valence-corrected chi connectivity index (χ0v) is 17.4. The fraction of sp³-hybridized carbons (Fsp3) is 0.0526. The van der Waals surface area contributed by atoms with Gasteiger partial charge in [0.25, 0.3) is 20.0 Å². The molecule has 3 aromatic carbocycles. The number of halogens is 2. The Morgan fingerprint density at radius 1 is 0.759 bits per heavy atom. The van der Waals surface area contributed by atoms with Gasteiger partial charge in [-0.15, -0.1) is 0 Å². The van der Waals surface area contributed by atoms with Crippen LogP contribution in [0.15, 0.2) is 76.5 Å². The number of anilines is 2. The average Bonchev–Trinajstić information content (AvgIpc) is 2.63. The molecule has 6 nitrogen and oxygen atoms in total. The van der Waals surface area contributed by atoms with Crippen molar-refractivity contribution >= 4 is 43.0 Å². The molecule has 0 heterocycles. The van der Waals surface area contributed by atoms with E-state index in [1.165, 1.54) is 30.3 Å². The van der Waals surface area contributed by atoms with Crippen LogP contribution in [0, 0.1) is 12.7 Å². The first kappa shape index (κ1) is 21.1. The second-order valence-electron chi connectivity index (χ2n) is 6.18. The third-order valence-electron chi connectivity index (χ3n) is 3.89. The number of sulfonamides is 2. The van der Waals surface area contributed by atoms with Crippen molar-refractivity contribution in [3.63, 3.8) is 0 Å². The standard InChI is InChI=1S/C19H16ClFN2O4S2/c1-13-2-11-19(18(20)12-13)29(26,27)23-16-7-5-15(6-8-16)22-28(24,25)17-9-3-14(21)4-10-17/h2-12,22-23H,1H3. The van der Waals surface area contributed by atoms with E-state index >= 15 is 0 Å². The average molecular weight is 455 g/mol. The molecule has 0 amide bonds. The van der Waals surface area contributed by atoms with Crippen LogP contribution in [0.2, 0.25) is 5.02 Å². The van der Waals surface area contributed by atoms with E-state index < -0.39 is 25.9 Å². The maximum atomic E-state index is 13.0. The summed E-state index contributed by atoms with van der Waals surface area (Å²) >= 11 is 6.03. The molecule has 0 unspecified atom stereocenters. The molecule has 0 spiro atoms. The van der Waals surface area contributed by atoms with Gasteiger partial charge in [0.2, 0.25) is 0 Å². The van der Waals surface area contributed by atoms with Crippen LogP contribution in [0.1, 0.15) is 5.56 Å². The third kappa shape index (κ3) is 5.06. The first-order chi connectivity index (χ1) is 13.6. The van der Waals surface area contributed by atoms with Crippen molar-refractivity contribution in [1.29, 1.82) is 0 Å². The van der Waals surface area contributed by atoms with Crippen molar-refractivity contribution in [2.45, 2.75) is 16.7 Å². The second kappa shape index (κ2) is 8.02. The molecule has 0 aromatic heterocycles. The quantitative estimate of drug-likeness (QED) is 0.577. The molecule has 29 heavy (non-hydrogen) atoms. The summed E-state index contributed by atoms with van der Waals surface area (Å²) in [4.78, 5) is -0.163. The predicted molar refractivity (Wildman–Crippen MR) is 111 cm³/mol. The zero-order chi connectivity index (χ0) is 21.2. The lowest BCUT2D eigenvalue weighted by Gasteiger charge is -2.12. The highest BCUT2D eigenvalue weighted by atomic mass is 35.5. The summed E-state index contributed by atoms with van der Waals surface area (Å²) in [6, 6.07) is 14.6. The molecule has 0 radical (unpaired) electrons. The Labute approximate surface area is 173 Å². The van der Waals surface area contributed by atoms with Crippen LogP contribution < -0.4 is 9.44 Å². The van der Waals surface area contributed by atoms with Gasteiger partial charge >= 0.3 is 0 Å². The van der Waals surface area contributed by atoms with Crippen molar-refractivity contribution in [3.8, 4) is 0 Å². The molecule has 2 N–H and O–H groups in total. The van der Waals surface area contributed by atoms with Gasteiger partial charge in [0.1, 0.15) is 10.7 Å². The summed E-state index contributed by atoms with van der Waals surface area (Å²) in [6.45, 7) is 1.79. The van der Waals surface area contributed by atoms with Gasteiger partial charge in [0.05, 0.1) is 9.92 Å². The van der Waals surface area contributed by atoms with E-state index in [4.69, 9.17) is 11.6 Å². The Morgan fingerprint density at radius 2 is 1.28 bits per heavy atom. The Hall–Kier alpha value is -2.62. The maximum Gasteiger partial charge on any atom is 0.263 e. The molecule has 0 saturated carbocycles. The maximum absolute atomic E-state index is 13.0. The van der Waals surface area contributed by atoms with Gasteiger partial charge in [-0.3, -0.25) is 9.44 Å². The SMILES string of the molecule is Cc1ccc(S(=O)(=O)Nc2ccc(NS(=O)(=O)c3ccc(F)cc3)cc2)c(Cl)c1. The molecular formula is C19H16ClFN2O4S2. The van der Waals surface area contributed by atoms with Crippen molar-refractivity contribution in [2.24, 2.45) is 0 Å². The van der Waals surface area contributed by atoms with Gasteiger partial charge in [-0.05, 0) is 73.2 Å². The first-order valence-electron chi connectivity index (χ1n) is 8.24. The second-order valence-corrected chi connectivity index (χ2v) is 9.92. The van der Waals surface area contributed by atoms with Crippen LogP contribution in [0.4, 0.5) is 15.8 Å². The summed E-state index contributed by atoms with van der Waals surface area (Å²) in [7, 11) is -7.82. The van der Waals surface area contributed by atoms with Crippen molar-refractivity contribution < 1.29 is 21.2 Å². The highest BCUT2D eigenvalue weighted by Crippen LogP contribution is 2.26. The summed E-state index contributed by atoms with van der Waals surface area (Å²) in [5.41, 5.74) is 1.27. The van der Waals surface area contributed by atoms with Gasteiger partial charge < -0.3 is 0 Å². The molecule has 3 rings (SSSR count). The fourth-order valence-electron chi connectivity index (χ4n) is 2.47. The number of hydrogen-bond donors (Lipinski definition) is 2. The minimum atomic E-state index is -3.91. The van der Waals surface area contributed by atoms with Crippen molar-refractivity contribution in [1.82, 2.24) is 0 Å². The molecule has 0 aliphatic heterocycles. The number of rotatable bonds is 6. The van der Waals surface area contributed by atoms with E-state index in [-0.39, 0.29) is 26.2 Å². The zero-order valence-electron chi connectivity index (χ0n) is 15.1. The lowest BCUT2D eigenvalue weighted by Crippen LogP contribution is -2.14.